The van der Waals surface area contributed by atoms with Gasteiger partial charge in [-0.2, -0.15) is 0 Å². The summed E-state index contributed by atoms with van der Waals surface area (Å²) < 4.78 is 5.26. The number of phenolic OH excluding ortho intramolecular Hbond substituents is 1. The number of aromatic hydroxyl groups is 1. The molecule has 1 saturated heterocycles. The molecule has 0 radical (unpaired) electrons. The van der Waals surface area contributed by atoms with Crippen molar-refractivity contribution in [2.24, 2.45) is 0 Å². The van der Waals surface area contributed by atoms with Crippen LogP contribution in [0.2, 0.25) is 0 Å². The van der Waals surface area contributed by atoms with Crippen LogP contribution >= 0.6 is 12.2 Å². The van der Waals surface area contributed by atoms with Crippen LogP contribution in [0.4, 0.5) is 0 Å². The Labute approximate surface area is 109 Å². The summed E-state index contributed by atoms with van der Waals surface area (Å²) in [6, 6.07) is 4.85. The summed E-state index contributed by atoms with van der Waals surface area (Å²) in [6.45, 7) is 2.28. The number of carbonyl (C=O) groups is 1. The highest BCUT2D eigenvalue weighted by Crippen LogP contribution is 2.27. The first-order chi connectivity index (χ1) is 8.60. The van der Waals surface area contributed by atoms with Gasteiger partial charge in [0, 0.05) is 0 Å². The van der Waals surface area contributed by atoms with Crippen LogP contribution in [0, 0.1) is 0 Å². The summed E-state index contributed by atoms with van der Waals surface area (Å²) >= 11 is 4.83. The second-order valence-corrected chi connectivity index (χ2v) is 4.03. The van der Waals surface area contributed by atoms with E-state index in [-0.39, 0.29) is 16.8 Å². The molecule has 0 bridgehead atoms. The lowest BCUT2D eigenvalue weighted by Gasteiger charge is -2.06. The van der Waals surface area contributed by atoms with Gasteiger partial charge in [0.05, 0.1) is 6.61 Å². The highest BCUT2D eigenvalue weighted by atomic mass is 32.1. The number of benzene rings is 1. The quantitative estimate of drug-likeness (QED) is 0.564. The summed E-state index contributed by atoms with van der Waals surface area (Å²) in [4.78, 5) is 11.5. The summed E-state index contributed by atoms with van der Waals surface area (Å²) in [6.07, 6.45) is 1.64. The third-order valence-electron chi connectivity index (χ3n) is 2.31. The fourth-order valence-electron chi connectivity index (χ4n) is 1.54. The Balaban J connectivity index is 2.29. The average Bonchev–Trinajstić information content (AvgIpc) is 2.62. The molecule has 5 nitrogen and oxygen atoms in total. The summed E-state index contributed by atoms with van der Waals surface area (Å²) in [5, 5.41) is 15.1. The number of hydrogen-bond acceptors (Lipinski definition) is 4. The van der Waals surface area contributed by atoms with Gasteiger partial charge in [0.15, 0.2) is 16.6 Å². The fraction of sp³-hybridized carbons (Fsp3) is 0.167. The molecule has 1 aliphatic rings. The number of amides is 1. The minimum Gasteiger partial charge on any atom is -0.504 e. The molecule has 1 aliphatic heterocycles. The van der Waals surface area contributed by atoms with Crippen LogP contribution in [0.15, 0.2) is 23.9 Å². The molecule has 0 aromatic heterocycles. The zero-order chi connectivity index (χ0) is 13.1. The lowest BCUT2D eigenvalue weighted by atomic mass is 10.1. The van der Waals surface area contributed by atoms with Crippen molar-refractivity contribution >= 4 is 29.3 Å². The van der Waals surface area contributed by atoms with E-state index in [0.29, 0.717) is 18.1 Å². The summed E-state index contributed by atoms with van der Waals surface area (Å²) in [5.41, 5.74) is 1.10. The molecule has 3 N–H and O–H groups in total. The molecular weight excluding hydrogens is 252 g/mol. The van der Waals surface area contributed by atoms with Crippen LogP contribution in [0.1, 0.15) is 12.5 Å². The number of ether oxygens (including phenoxy) is 1. The van der Waals surface area contributed by atoms with Crippen molar-refractivity contribution in [1.29, 1.82) is 0 Å². The van der Waals surface area contributed by atoms with Crippen molar-refractivity contribution in [3.8, 4) is 11.5 Å². The van der Waals surface area contributed by atoms with Crippen LogP contribution in [0.3, 0.4) is 0 Å². The molecule has 18 heavy (non-hydrogen) atoms. The molecule has 0 saturated carbocycles. The maximum atomic E-state index is 11.5. The van der Waals surface area contributed by atoms with Gasteiger partial charge in [-0.1, -0.05) is 6.07 Å². The molecular formula is C12H12N2O3S. The van der Waals surface area contributed by atoms with Crippen molar-refractivity contribution in [1.82, 2.24) is 10.6 Å². The van der Waals surface area contributed by atoms with Crippen molar-refractivity contribution in [3.05, 3.63) is 29.5 Å². The zero-order valence-corrected chi connectivity index (χ0v) is 10.5. The molecule has 2 rings (SSSR count). The number of phenols is 1. The number of rotatable bonds is 3. The van der Waals surface area contributed by atoms with Gasteiger partial charge < -0.3 is 15.2 Å². The SMILES string of the molecule is CCOc1cc(C=C2NC(=S)NC2=O)ccc1O. The van der Waals surface area contributed by atoms with Gasteiger partial charge in [0.2, 0.25) is 0 Å². The van der Waals surface area contributed by atoms with Crippen molar-refractivity contribution in [2.75, 3.05) is 6.61 Å². The third kappa shape index (κ3) is 2.60. The van der Waals surface area contributed by atoms with Crippen molar-refractivity contribution in [3.63, 3.8) is 0 Å². The van der Waals surface area contributed by atoms with E-state index in [4.69, 9.17) is 17.0 Å². The van der Waals surface area contributed by atoms with E-state index < -0.39 is 0 Å². The van der Waals surface area contributed by atoms with Crippen LogP contribution in [-0.2, 0) is 4.79 Å². The van der Waals surface area contributed by atoms with Gasteiger partial charge in [-0.3, -0.25) is 10.1 Å². The van der Waals surface area contributed by atoms with Crippen molar-refractivity contribution < 1.29 is 14.6 Å². The Morgan fingerprint density at radius 3 is 2.83 bits per heavy atom. The second-order valence-electron chi connectivity index (χ2n) is 3.63. The van der Waals surface area contributed by atoms with Crippen LogP contribution in [0.5, 0.6) is 11.5 Å². The first-order valence-electron chi connectivity index (χ1n) is 5.40. The first-order valence-corrected chi connectivity index (χ1v) is 5.81. The largest absolute Gasteiger partial charge is 0.504 e. The fourth-order valence-corrected chi connectivity index (χ4v) is 1.74. The van der Waals surface area contributed by atoms with Gasteiger partial charge in [-0.05, 0) is 42.9 Å². The lowest BCUT2D eigenvalue weighted by molar-refractivity contribution is -0.115. The highest BCUT2D eigenvalue weighted by molar-refractivity contribution is 7.80. The molecule has 1 amide bonds. The highest BCUT2D eigenvalue weighted by Gasteiger charge is 2.19. The van der Waals surface area contributed by atoms with E-state index in [1.54, 1.807) is 18.2 Å². The predicted molar refractivity (Wildman–Crippen MR) is 71.1 cm³/mol. The number of carbonyl (C=O) groups excluding carboxylic acids is 1. The topological polar surface area (TPSA) is 70.6 Å². The molecule has 1 aromatic carbocycles. The molecule has 0 atom stereocenters. The monoisotopic (exact) mass is 264 g/mol. The first kappa shape index (κ1) is 12.4. The predicted octanol–water partition coefficient (Wildman–Crippen LogP) is 1.14. The number of thiocarbonyl (C=S) groups is 1. The van der Waals surface area contributed by atoms with Gasteiger partial charge in [-0.15, -0.1) is 0 Å². The van der Waals surface area contributed by atoms with E-state index in [1.165, 1.54) is 6.07 Å². The van der Waals surface area contributed by atoms with E-state index in [9.17, 15) is 9.90 Å². The molecule has 94 valence electrons. The molecule has 1 fully saturated rings. The maximum Gasteiger partial charge on any atom is 0.273 e. The Kier molecular flexibility index (Phi) is 3.47. The maximum absolute atomic E-state index is 11.5. The lowest BCUT2D eigenvalue weighted by Crippen LogP contribution is -2.21. The molecule has 1 heterocycles. The third-order valence-corrected chi connectivity index (χ3v) is 2.52. The van der Waals surface area contributed by atoms with Crippen molar-refractivity contribution in [2.45, 2.75) is 6.92 Å². The van der Waals surface area contributed by atoms with Gasteiger partial charge in [0.25, 0.3) is 5.91 Å². The van der Waals surface area contributed by atoms with Gasteiger partial charge in [-0.25, -0.2) is 0 Å². The molecule has 0 spiro atoms. The number of hydrogen-bond donors (Lipinski definition) is 3. The normalized spacial score (nSPS) is 16.6. The van der Waals surface area contributed by atoms with E-state index in [2.05, 4.69) is 10.6 Å². The smallest absolute Gasteiger partial charge is 0.273 e. The van der Waals surface area contributed by atoms with Crippen LogP contribution in [0.25, 0.3) is 6.08 Å². The van der Waals surface area contributed by atoms with Crippen LogP contribution < -0.4 is 15.4 Å². The summed E-state index contributed by atoms with van der Waals surface area (Å²) in [5.74, 6) is 0.178. The standard InChI is InChI=1S/C12H12N2O3S/c1-2-17-10-6-7(3-4-9(10)15)5-8-11(16)14-12(18)13-8/h3-6,15H,2H2,1H3,(H2,13,14,16,18). The molecule has 1 aromatic rings. The van der Waals surface area contributed by atoms with E-state index in [1.807, 2.05) is 6.92 Å². The van der Waals surface area contributed by atoms with Gasteiger partial charge in [0.1, 0.15) is 5.70 Å². The van der Waals surface area contributed by atoms with E-state index >= 15 is 0 Å². The van der Waals surface area contributed by atoms with Gasteiger partial charge >= 0.3 is 0 Å². The molecule has 6 heteroatoms. The number of nitrogens with one attached hydrogen (secondary N) is 2. The van der Waals surface area contributed by atoms with Crippen LogP contribution in [-0.4, -0.2) is 22.7 Å². The minimum absolute atomic E-state index is 0.0679. The Morgan fingerprint density at radius 1 is 1.44 bits per heavy atom. The minimum atomic E-state index is -0.272. The Hall–Kier alpha value is -2.08. The average molecular weight is 264 g/mol. The molecule has 0 unspecified atom stereocenters. The van der Waals surface area contributed by atoms with E-state index in [0.717, 1.165) is 5.56 Å². The molecule has 0 aliphatic carbocycles. The Morgan fingerprint density at radius 2 is 2.22 bits per heavy atom. The summed E-state index contributed by atoms with van der Waals surface area (Å²) in [7, 11) is 0. The Bertz CT molecular complexity index is 540. The second kappa shape index (κ2) is 5.05. The zero-order valence-electron chi connectivity index (χ0n) is 9.69.